The average Bonchev–Trinajstić information content (AvgIpc) is 3.42. The maximum atomic E-state index is 13.2. The first-order chi connectivity index (χ1) is 13.2. The first kappa shape index (κ1) is 16.4. The molecular weight excluding hydrogens is 344 g/mol. The lowest BCUT2D eigenvalue weighted by Gasteiger charge is -2.29. The van der Waals surface area contributed by atoms with Gasteiger partial charge >= 0.3 is 0 Å². The standard InChI is InChI=1S/C19H22N6O2/c1-11-16-17(14-3-2-4-15(14)23-19(16)27-24-11)18(26)22-12-5-7-13(8-6-12)25-9-20-21-10-25/h9-10,12-13H,2-8H2,1H3,(H,22,26). The molecule has 0 atom stereocenters. The second-order valence-electron chi connectivity index (χ2n) is 7.60. The van der Waals surface area contributed by atoms with Gasteiger partial charge in [0.1, 0.15) is 12.7 Å². The van der Waals surface area contributed by atoms with E-state index in [4.69, 9.17) is 4.52 Å². The summed E-state index contributed by atoms with van der Waals surface area (Å²) in [6.45, 7) is 1.87. The Balaban J connectivity index is 1.37. The first-order valence-corrected chi connectivity index (χ1v) is 9.63. The Morgan fingerprint density at radius 3 is 2.74 bits per heavy atom. The topological polar surface area (TPSA) is 98.7 Å². The molecule has 1 amide bonds. The van der Waals surface area contributed by atoms with Crippen molar-refractivity contribution in [2.75, 3.05) is 0 Å². The molecule has 0 radical (unpaired) electrons. The summed E-state index contributed by atoms with van der Waals surface area (Å²) in [6, 6.07) is 0.607. The van der Waals surface area contributed by atoms with Crippen molar-refractivity contribution < 1.29 is 9.32 Å². The average molecular weight is 366 g/mol. The van der Waals surface area contributed by atoms with Crippen molar-refractivity contribution >= 4 is 17.0 Å². The highest BCUT2D eigenvalue weighted by molar-refractivity contribution is 6.07. The fraction of sp³-hybridized carbons (Fsp3) is 0.526. The lowest BCUT2D eigenvalue weighted by molar-refractivity contribution is 0.0923. The molecule has 3 aromatic heterocycles. The van der Waals surface area contributed by atoms with Crippen LogP contribution in [0.5, 0.6) is 0 Å². The number of carbonyl (C=O) groups excluding carboxylic acids is 1. The maximum absolute atomic E-state index is 13.2. The Kier molecular flexibility index (Phi) is 3.91. The molecule has 140 valence electrons. The zero-order chi connectivity index (χ0) is 18.4. The van der Waals surface area contributed by atoms with Crippen LogP contribution in [0.1, 0.15) is 65.5 Å². The molecule has 2 aliphatic carbocycles. The van der Waals surface area contributed by atoms with Gasteiger partial charge in [0.2, 0.25) is 0 Å². The Morgan fingerprint density at radius 1 is 1.19 bits per heavy atom. The van der Waals surface area contributed by atoms with E-state index < -0.39 is 0 Å². The van der Waals surface area contributed by atoms with Crippen molar-refractivity contribution in [1.29, 1.82) is 0 Å². The molecule has 1 N–H and O–H groups in total. The van der Waals surface area contributed by atoms with Crippen LogP contribution in [0.2, 0.25) is 0 Å². The van der Waals surface area contributed by atoms with Gasteiger partial charge in [-0.3, -0.25) is 4.79 Å². The minimum atomic E-state index is -0.0143. The summed E-state index contributed by atoms with van der Waals surface area (Å²) in [5.74, 6) is -0.0143. The second kappa shape index (κ2) is 6.44. The van der Waals surface area contributed by atoms with E-state index in [1.165, 1.54) is 0 Å². The van der Waals surface area contributed by atoms with Gasteiger partial charge in [-0.15, -0.1) is 10.2 Å². The number of rotatable bonds is 3. The van der Waals surface area contributed by atoms with Crippen molar-refractivity contribution in [3.63, 3.8) is 0 Å². The number of hydrogen-bond acceptors (Lipinski definition) is 6. The van der Waals surface area contributed by atoms with E-state index in [-0.39, 0.29) is 11.9 Å². The van der Waals surface area contributed by atoms with Crippen molar-refractivity contribution in [3.8, 4) is 0 Å². The lowest BCUT2D eigenvalue weighted by Crippen LogP contribution is -2.38. The molecule has 0 saturated heterocycles. The van der Waals surface area contributed by atoms with Crippen LogP contribution in [0.15, 0.2) is 17.2 Å². The van der Waals surface area contributed by atoms with Crippen LogP contribution in [0.3, 0.4) is 0 Å². The van der Waals surface area contributed by atoms with Gasteiger partial charge in [0.25, 0.3) is 11.6 Å². The normalized spacial score (nSPS) is 22.1. The zero-order valence-corrected chi connectivity index (χ0v) is 15.3. The fourth-order valence-corrected chi connectivity index (χ4v) is 4.54. The minimum Gasteiger partial charge on any atom is -0.349 e. The molecule has 0 bridgehead atoms. The van der Waals surface area contributed by atoms with E-state index in [9.17, 15) is 4.79 Å². The molecular formula is C19H22N6O2. The number of aryl methyl sites for hydroxylation is 2. The summed E-state index contributed by atoms with van der Waals surface area (Å²) in [6.07, 6.45) is 10.3. The predicted octanol–water partition coefficient (Wildman–Crippen LogP) is 2.53. The number of nitrogens with one attached hydrogen (secondary N) is 1. The number of hydrogen-bond donors (Lipinski definition) is 1. The number of pyridine rings is 1. The highest BCUT2D eigenvalue weighted by Gasteiger charge is 2.29. The Bertz CT molecular complexity index is 985. The monoisotopic (exact) mass is 366 g/mol. The Labute approximate surface area is 156 Å². The van der Waals surface area contributed by atoms with Crippen molar-refractivity contribution in [2.24, 2.45) is 0 Å². The van der Waals surface area contributed by atoms with Crippen molar-refractivity contribution in [1.82, 2.24) is 30.2 Å². The molecule has 0 aliphatic heterocycles. The van der Waals surface area contributed by atoms with Crippen LogP contribution in [-0.2, 0) is 12.8 Å². The summed E-state index contributed by atoms with van der Waals surface area (Å²) in [4.78, 5) is 17.8. The van der Waals surface area contributed by atoms with E-state index in [0.717, 1.165) is 72.8 Å². The van der Waals surface area contributed by atoms with E-state index in [1.54, 1.807) is 12.7 Å². The smallest absolute Gasteiger partial charge is 0.259 e. The largest absolute Gasteiger partial charge is 0.349 e. The van der Waals surface area contributed by atoms with Gasteiger partial charge in [-0.2, -0.15) is 0 Å². The molecule has 1 saturated carbocycles. The zero-order valence-electron chi connectivity index (χ0n) is 15.3. The quantitative estimate of drug-likeness (QED) is 0.765. The van der Waals surface area contributed by atoms with Gasteiger partial charge in [-0.05, 0) is 57.4 Å². The van der Waals surface area contributed by atoms with Gasteiger partial charge < -0.3 is 14.4 Å². The maximum Gasteiger partial charge on any atom is 0.259 e. The minimum absolute atomic E-state index is 0.0143. The van der Waals surface area contributed by atoms with E-state index in [1.807, 2.05) is 6.92 Å². The number of amides is 1. The molecule has 3 heterocycles. The van der Waals surface area contributed by atoms with Crippen LogP contribution >= 0.6 is 0 Å². The van der Waals surface area contributed by atoms with E-state index >= 15 is 0 Å². The van der Waals surface area contributed by atoms with Crippen LogP contribution < -0.4 is 5.32 Å². The molecule has 2 aliphatic rings. The third kappa shape index (κ3) is 2.79. The number of fused-ring (bicyclic) bond motifs is 2. The molecule has 8 nitrogen and oxygen atoms in total. The van der Waals surface area contributed by atoms with Gasteiger partial charge in [-0.1, -0.05) is 5.16 Å². The van der Waals surface area contributed by atoms with Crippen LogP contribution in [0.25, 0.3) is 11.1 Å². The van der Waals surface area contributed by atoms with Gasteiger partial charge in [0.05, 0.1) is 16.6 Å². The van der Waals surface area contributed by atoms with Crippen molar-refractivity contribution in [2.45, 2.75) is 64.0 Å². The summed E-state index contributed by atoms with van der Waals surface area (Å²) < 4.78 is 7.42. The van der Waals surface area contributed by atoms with E-state index in [0.29, 0.717) is 11.8 Å². The SMILES string of the molecule is Cc1noc2nc3c(c(C(=O)NC4CCC(n5cnnc5)CC4)c12)CCC3. The third-order valence-corrected chi connectivity index (χ3v) is 5.94. The molecule has 27 heavy (non-hydrogen) atoms. The fourth-order valence-electron chi connectivity index (χ4n) is 4.54. The molecule has 5 rings (SSSR count). The third-order valence-electron chi connectivity index (χ3n) is 5.94. The first-order valence-electron chi connectivity index (χ1n) is 9.63. The summed E-state index contributed by atoms with van der Waals surface area (Å²) in [5, 5.41) is 15.9. The highest BCUT2D eigenvalue weighted by atomic mass is 16.5. The van der Waals surface area contributed by atoms with E-state index in [2.05, 4.69) is 30.2 Å². The molecule has 0 unspecified atom stereocenters. The highest BCUT2D eigenvalue weighted by Crippen LogP contribution is 2.33. The Morgan fingerprint density at radius 2 is 1.96 bits per heavy atom. The molecule has 1 fully saturated rings. The molecule has 0 spiro atoms. The second-order valence-corrected chi connectivity index (χ2v) is 7.60. The Hall–Kier alpha value is -2.77. The predicted molar refractivity (Wildman–Crippen MR) is 97.3 cm³/mol. The van der Waals surface area contributed by atoms with Crippen LogP contribution in [-0.4, -0.2) is 36.9 Å². The van der Waals surface area contributed by atoms with Crippen LogP contribution in [0, 0.1) is 6.92 Å². The number of nitrogens with zero attached hydrogens (tertiary/aromatic N) is 5. The summed E-state index contributed by atoms with van der Waals surface area (Å²) >= 11 is 0. The van der Waals surface area contributed by atoms with Gasteiger partial charge in [-0.25, -0.2) is 4.98 Å². The number of carbonyl (C=O) groups is 1. The molecule has 3 aromatic rings. The molecule has 0 aromatic carbocycles. The van der Waals surface area contributed by atoms with Crippen LogP contribution in [0.4, 0.5) is 0 Å². The number of aromatic nitrogens is 5. The van der Waals surface area contributed by atoms with Gasteiger partial charge in [0.15, 0.2) is 0 Å². The lowest BCUT2D eigenvalue weighted by atomic mass is 9.90. The molecule has 8 heteroatoms. The summed E-state index contributed by atoms with van der Waals surface area (Å²) in [7, 11) is 0. The van der Waals surface area contributed by atoms with Crippen molar-refractivity contribution in [3.05, 3.63) is 35.2 Å². The summed E-state index contributed by atoms with van der Waals surface area (Å²) in [5.41, 5.74) is 4.00. The van der Waals surface area contributed by atoms with Gasteiger partial charge in [0, 0.05) is 17.8 Å².